The van der Waals surface area contributed by atoms with Gasteiger partial charge < -0.3 is 10.6 Å². The molecule has 0 bridgehead atoms. The van der Waals surface area contributed by atoms with Crippen molar-refractivity contribution in [3.63, 3.8) is 0 Å². The zero-order valence-corrected chi connectivity index (χ0v) is 20.1. The molecule has 1 aliphatic heterocycles. The number of thiophene rings is 1. The Morgan fingerprint density at radius 2 is 1.57 bits per heavy atom. The maximum atomic E-state index is 13.3. The molecular weight excluding hydrogens is 462 g/mol. The summed E-state index contributed by atoms with van der Waals surface area (Å²) in [5.74, 6) is -1.72. The largest absolute Gasteiger partial charge is 0.348 e. The van der Waals surface area contributed by atoms with Gasteiger partial charge in [0.1, 0.15) is 11.0 Å². The SMILES string of the molecule is C[C@@H](C(=O)Nc1sc2c(c1C(=O)NCc1ccccc1)CCCC2)N1C(=O)c2ccccc2C1=O. The molecule has 0 spiro atoms. The first-order chi connectivity index (χ1) is 17.0. The van der Waals surface area contributed by atoms with E-state index in [-0.39, 0.29) is 5.91 Å². The Balaban J connectivity index is 1.37. The van der Waals surface area contributed by atoms with Gasteiger partial charge in [-0.3, -0.25) is 24.1 Å². The molecule has 1 aromatic heterocycles. The number of hydrogen-bond donors (Lipinski definition) is 2. The van der Waals surface area contributed by atoms with Gasteiger partial charge in [0.2, 0.25) is 5.91 Å². The lowest BCUT2D eigenvalue weighted by Crippen LogP contribution is -2.45. The first-order valence-corrected chi connectivity index (χ1v) is 12.5. The van der Waals surface area contributed by atoms with E-state index in [1.807, 2.05) is 30.3 Å². The molecule has 2 aliphatic rings. The molecule has 5 rings (SSSR count). The first kappa shape index (κ1) is 23.0. The number of benzene rings is 2. The van der Waals surface area contributed by atoms with Gasteiger partial charge in [-0.05, 0) is 55.9 Å². The summed E-state index contributed by atoms with van der Waals surface area (Å²) < 4.78 is 0. The second kappa shape index (κ2) is 9.46. The van der Waals surface area contributed by atoms with E-state index < -0.39 is 23.8 Å². The highest BCUT2D eigenvalue weighted by Gasteiger charge is 2.41. The summed E-state index contributed by atoms with van der Waals surface area (Å²) in [5.41, 5.74) is 3.04. The molecule has 0 fully saturated rings. The Bertz CT molecular complexity index is 1300. The van der Waals surface area contributed by atoms with Crippen molar-refractivity contribution in [1.29, 1.82) is 0 Å². The number of carbonyl (C=O) groups is 4. The van der Waals surface area contributed by atoms with Crippen molar-refractivity contribution in [2.45, 2.75) is 45.2 Å². The van der Waals surface area contributed by atoms with Gasteiger partial charge >= 0.3 is 0 Å². The molecule has 1 aliphatic carbocycles. The Kier molecular flexibility index (Phi) is 6.21. The number of imide groups is 1. The summed E-state index contributed by atoms with van der Waals surface area (Å²) in [7, 11) is 0. The standard InChI is InChI=1S/C27H25N3O4S/c1-16(30-26(33)18-11-5-6-12-19(18)27(30)34)23(31)29-25-22(20-13-7-8-14-21(20)35-25)24(32)28-15-17-9-3-2-4-10-17/h2-6,9-12,16H,7-8,13-15H2,1H3,(H,28,32)(H,29,31)/t16-/m0/s1. The number of nitrogens with one attached hydrogen (secondary N) is 2. The van der Waals surface area contributed by atoms with Crippen LogP contribution in [-0.4, -0.2) is 34.6 Å². The molecular formula is C27H25N3O4S. The Morgan fingerprint density at radius 3 is 2.26 bits per heavy atom. The molecule has 0 radical (unpaired) electrons. The van der Waals surface area contributed by atoms with E-state index >= 15 is 0 Å². The maximum Gasteiger partial charge on any atom is 0.262 e. The van der Waals surface area contributed by atoms with Gasteiger partial charge in [-0.2, -0.15) is 0 Å². The van der Waals surface area contributed by atoms with Gasteiger partial charge in [-0.15, -0.1) is 11.3 Å². The van der Waals surface area contributed by atoms with E-state index in [9.17, 15) is 19.2 Å². The lowest BCUT2D eigenvalue weighted by molar-refractivity contribution is -0.119. The van der Waals surface area contributed by atoms with Crippen molar-refractivity contribution >= 4 is 40.0 Å². The fourth-order valence-corrected chi connectivity index (χ4v) is 5.94. The number of hydrogen-bond acceptors (Lipinski definition) is 5. The van der Waals surface area contributed by atoms with Crippen LogP contribution in [0.3, 0.4) is 0 Å². The maximum absolute atomic E-state index is 13.3. The number of anilines is 1. The average Bonchev–Trinajstić information content (AvgIpc) is 3.37. The van der Waals surface area contributed by atoms with Crippen LogP contribution in [0.5, 0.6) is 0 Å². The molecule has 2 N–H and O–H groups in total. The Morgan fingerprint density at radius 1 is 0.943 bits per heavy atom. The van der Waals surface area contributed by atoms with Crippen LogP contribution in [0.1, 0.15) is 66.8 Å². The fraction of sp³-hybridized carbons (Fsp3) is 0.259. The summed E-state index contributed by atoms with van der Waals surface area (Å²) in [6.07, 6.45) is 3.67. The predicted molar refractivity (Wildman–Crippen MR) is 134 cm³/mol. The minimum absolute atomic E-state index is 0.239. The average molecular weight is 488 g/mol. The van der Waals surface area contributed by atoms with Gasteiger partial charge in [0.25, 0.3) is 17.7 Å². The van der Waals surface area contributed by atoms with Crippen LogP contribution >= 0.6 is 11.3 Å². The van der Waals surface area contributed by atoms with Crippen molar-refractivity contribution < 1.29 is 19.2 Å². The van der Waals surface area contributed by atoms with Gasteiger partial charge in [-0.25, -0.2) is 0 Å². The minimum atomic E-state index is -1.03. The molecule has 2 aromatic carbocycles. The van der Waals surface area contributed by atoms with Crippen molar-refractivity contribution in [2.24, 2.45) is 0 Å². The predicted octanol–water partition coefficient (Wildman–Crippen LogP) is 4.18. The summed E-state index contributed by atoms with van der Waals surface area (Å²) >= 11 is 1.41. The number of nitrogens with zero attached hydrogens (tertiary/aromatic N) is 1. The van der Waals surface area contributed by atoms with Crippen molar-refractivity contribution in [2.75, 3.05) is 5.32 Å². The Labute approximate surface area is 207 Å². The second-order valence-corrected chi connectivity index (χ2v) is 9.88. The van der Waals surface area contributed by atoms with E-state index in [1.165, 1.54) is 18.3 Å². The molecule has 35 heavy (non-hydrogen) atoms. The normalized spacial score (nSPS) is 15.4. The van der Waals surface area contributed by atoms with Crippen LogP contribution in [0.25, 0.3) is 0 Å². The first-order valence-electron chi connectivity index (χ1n) is 11.7. The topological polar surface area (TPSA) is 95.6 Å². The molecule has 4 amide bonds. The number of aryl methyl sites for hydroxylation is 1. The lowest BCUT2D eigenvalue weighted by Gasteiger charge is -2.21. The van der Waals surface area contributed by atoms with Crippen LogP contribution in [-0.2, 0) is 24.2 Å². The van der Waals surface area contributed by atoms with Crippen LogP contribution in [0.4, 0.5) is 5.00 Å². The Hall–Kier alpha value is -3.78. The zero-order chi connectivity index (χ0) is 24.5. The molecule has 7 nitrogen and oxygen atoms in total. The van der Waals surface area contributed by atoms with Crippen LogP contribution in [0, 0.1) is 0 Å². The third-order valence-electron chi connectivity index (χ3n) is 6.52. The highest BCUT2D eigenvalue weighted by Crippen LogP contribution is 2.38. The third-order valence-corrected chi connectivity index (χ3v) is 7.73. The molecule has 0 saturated carbocycles. The molecule has 3 aromatic rings. The monoisotopic (exact) mass is 487 g/mol. The molecule has 1 atom stereocenters. The summed E-state index contributed by atoms with van der Waals surface area (Å²) in [6, 6.07) is 15.2. The number of rotatable bonds is 6. The van der Waals surface area contributed by atoms with Crippen LogP contribution < -0.4 is 10.6 Å². The number of fused-ring (bicyclic) bond motifs is 2. The van der Waals surface area contributed by atoms with E-state index in [4.69, 9.17) is 0 Å². The molecule has 0 saturated heterocycles. The summed E-state index contributed by atoms with van der Waals surface area (Å²) in [5, 5.41) is 6.31. The van der Waals surface area contributed by atoms with Gasteiger partial charge in [0, 0.05) is 11.4 Å². The second-order valence-electron chi connectivity index (χ2n) is 8.77. The van der Waals surface area contributed by atoms with Crippen molar-refractivity contribution in [3.8, 4) is 0 Å². The van der Waals surface area contributed by atoms with E-state index in [0.29, 0.717) is 28.2 Å². The van der Waals surface area contributed by atoms with E-state index in [0.717, 1.165) is 46.6 Å². The highest BCUT2D eigenvalue weighted by molar-refractivity contribution is 7.17. The van der Waals surface area contributed by atoms with Gasteiger partial charge in [0.15, 0.2) is 0 Å². The molecule has 0 unspecified atom stereocenters. The smallest absolute Gasteiger partial charge is 0.262 e. The van der Waals surface area contributed by atoms with Crippen molar-refractivity contribution in [3.05, 3.63) is 87.3 Å². The van der Waals surface area contributed by atoms with Gasteiger partial charge in [0.05, 0.1) is 16.7 Å². The van der Waals surface area contributed by atoms with E-state index in [2.05, 4.69) is 10.6 Å². The molecule has 2 heterocycles. The quantitative estimate of drug-likeness (QED) is 0.510. The number of carbonyl (C=O) groups excluding carboxylic acids is 4. The minimum Gasteiger partial charge on any atom is -0.348 e. The fourth-order valence-electron chi connectivity index (χ4n) is 4.65. The lowest BCUT2D eigenvalue weighted by atomic mass is 9.95. The van der Waals surface area contributed by atoms with E-state index in [1.54, 1.807) is 24.3 Å². The summed E-state index contributed by atoms with van der Waals surface area (Å²) in [4.78, 5) is 54.2. The third kappa shape index (κ3) is 4.25. The van der Waals surface area contributed by atoms with Crippen LogP contribution in [0.15, 0.2) is 54.6 Å². The van der Waals surface area contributed by atoms with Crippen molar-refractivity contribution in [1.82, 2.24) is 10.2 Å². The molecule has 8 heteroatoms. The summed E-state index contributed by atoms with van der Waals surface area (Å²) in [6.45, 7) is 1.91. The van der Waals surface area contributed by atoms with Crippen LogP contribution in [0.2, 0.25) is 0 Å². The number of amides is 4. The highest BCUT2D eigenvalue weighted by atomic mass is 32.1. The zero-order valence-electron chi connectivity index (χ0n) is 19.3. The molecule has 178 valence electrons. The van der Waals surface area contributed by atoms with Gasteiger partial charge in [-0.1, -0.05) is 42.5 Å².